The molecule has 1 saturated heterocycles. The Hall–Kier alpha value is -2.55. The highest BCUT2D eigenvalue weighted by Crippen LogP contribution is 2.21. The summed E-state index contributed by atoms with van der Waals surface area (Å²) in [4.78, 5) is 38.5. The van der Waals surface area contributed by atoms with E-state index in [1.807, 2.05) is 0 Å². The molecule has 2 aliphatic rings. The van der Waals surface area contributed by atoms with Gasteiger partial charge in [-0.15, -0.1) is 0 Å². The number of thiocarbonyl (C=S) groups is 1. The normalized spacial score (nSPS) is 20.0. The third-order valence-corrected chi connectivity index (χ3v) is 5.48. The zero-order valence-corrected chi connectivity index (χ0v) is 16.8. The van der Waals surface area contributed by atoms with Gasteiger partial charge in [0.1, 0.15) is 18.0 Å². The molecule has 2 N–H and O–H groups in total. The lowest BCUT2D eigenvalue weighted by Gasteiger charge is -2.36. The molecule has 1 heterocycles. The topological polar surface area (TPSA) is 87.7 Å². The number of benzene rings is 1. The fourth-order valence-electron chi connectivity index (χ4n) is 3.62. The molecule has 0 aromatic heterocycles. The van der Waals surface area contributed by atoms with Crippen LogP contribution in [0.4, 0.5) is 4.39 Å². The number of amides is 2. The Morgan fingerprint density at radius 2 is 1.97 bits per heavy atom. The summed E-state index contributed by atoms with van der Waals surface area (Å²) in [6, 6.07) is 4.66. The molecule has 1 aliphatic carbocycles. The quantitative estimate of drug-likeness (QED) is 0.570. The first-order valence-electron chi connectivity index (χ1n) is 9.79. The van der Waals surface area contributed by atoms with Gasteiger partial charge in [-0.25, -0.2) is 4.39 Å². The summed E-state index contributed by atoms with van der Waals surface area (Å²) in [5.41, 5.74) is -0.149. The van der Waals surface area contributed by atoms with Crippen molar-refractivity contribution in [1.29, 1.82) is 0 Å². The van der Waals surface area contributed by atoms with Gasteiger partial charge in [0, 0.05) is 13.1 Å². The monoisotopic (exact) mass is 421 g/mol. The first-order valence-corrected chi connectivity index (χ1v) is 10.2. The average Bonchev–Trinajstić information content (AvgIpc) is 2.70. The SMILES string of the molecule is O=C(CC1C(=O)NCCN1C(=S)NC(=O)c1ccccc1F)OC1CCCCC1. The second kappa shape index (κ2) is 9.78. The van der Waals surface area contributed by atoms with Crippen LogP contribution in [0.5, 0.6) is 0 Å². The highest BCUT2D eigenvalue weighted by atomic mass is 32.1. The molecule has 0 bridgehead atoms. The standard InChI is InChI=1S/C20H24FN3O4S/c21-15-9-5-4-8-14(15)18(26)23-20(29)24-11-10-22-19(27)16(24)12-17(25)28-13-6-2-1-3-7-13/h4-5,8-9,13,16H,1-3,6-7,10-12H2,(H,22,27)(H,23,26,29). The molecule has 9 heteroatoms. The summed E-state index contributed by atoms with van der Waals surface area (Å²) >= 11 is 5.28. The maximum atomic E-state index is 13.8. The third kappa shape index (κ3) is 5.50. The predicted octanol–water partition coefficient (Wildman–Crippen LogP) is 1.91. The number of carbonyl (C=O) groups excluding carboxylic acids is 3. The number of piperazine rings is 1. The van der Waals surface area contributed by atoms with Gasteiger partial charge >= 0.3 is 5.97 Å². The molecule has 1 atom stereocenters. The summed E-state index contributed by atoms with van der Waals surface area (Å²) < 4.78 is 19.3. The second-order valence-corrected chi connectivity index (χ2v) is 7.58. The van der Waals surface area contributed by atoms with Crippen molar-refractivity contribution < 1.29 is 23.5 Å². The van der Waals surface area contributed by atoms with Crippen LogP contribution in [-0.2, 0) is 14.3 Å². The molecule has 0 radical (unpaired) electrons. The van der Waals surface area contributed by atoms with Crippen molar-refractivity contribution >= 4 is 35.1 Å². The number of halogens is 1. The zero-order chi connectivity index (χ0) is 20.8. The Morgan fingerprint density at radius 3 is 2.69 bits per heavy atom. The molecule has 1 aliphatic heterocycles. The van der Waals surface area contributed by atoms with Gasteiger partial charge in [0.25, 0.3) is 5.91 Å². The molecular weight excluding hydrogens is 397 g/mol. The summed E-state index contributed by atoms with van der Waals surface area (Å²) in [5.74, 6) is -2.20. The van der Waals surface area contributed by atoms with E-state index in [9.17, 15) is 18.8 Å². The van der Waals surface area contributed by atoms with Crippen LogP contribution >= 0.6 is 12.2 Å². The van der Waals surface area contributed by atoms with Crippen molar-refractivity contribution in [3.05, 3.63) is 35.6 Å². The van der Waals surface area contributed by atoms with E-state index in [4.69, 9.17) is 17.0 Å². The van der Waals surface area contributed by atoms with E-state index in [2.05, 4.69) is 10.6 Å². The Bertz CT molecular complexity index is 798. The number of nitrogens with one attached hydrogen (secondary N) is 2. The van der Waals surface area contributed by atoms with Crippen molar-refractivity contribution in [3.63, 3.8) is 0 Å². The molecule has 2 amide bonds. The molecule has 156 valence electrons. The number of hydrogen-bond acceptors (Lipinski definition) is 5. The van der Waals surface area contributed by atoms with E-state index in [1.165, 1.54) is 23.1 Å². The molecule has 2 fully saturated rings. The van der Waals surface area contributed by atoms with E-state index in [0.29, 0.717) is 13.1 Å². The number of nitrogens with zero attached hydrogens (tertiary/aromatic N) is 1. The Balaban J connectivity index is 1.63. The zero-order valence-electron chi connectivity index (χ0n) is 16.0. The number of hydrogen-bond donors (Lipinski definition) is 2. The highest BCUT2D eigenvalue weighted by Gasteiger charge is 2.35. The fraction of sp³-hybridized carbons (Fsp3) is 0.500. The van der Waals surface area contributed by atoms with Crippen LogP contribution in [0.1, 0.15) is 48.9 Å². The largest absolute Gasteiger partial charge is 0.462 e. The first-order chi connectivity index (χ1) is 14.0. The smallest absolute Gasteiger partial charge is 0.308 e. The lowest BCUT2D eigenvalue weighted by molar-refractivity contribution is -0.153. The van der Waals surface area contributed by atoms with Crippen molar-refractivity contribution in [1.82, 2.24) is 15.5 Å². The van der Waals surface area contributed by atoms with Gasteiger partial charge in [-0.2, -0.15) is 0 Å². The van der Waals surface area contributed by atoms with Crippen molar-refractivity contribution in [2.45, 2.75) is 50.7 Å². The Kier molecular flexibility index (Phi) is 7.13. The second-order valence-electron chi connectivity index (χ2n) is 7.19. The first kappa shape index (κ1) is 21.2. The predicted molar refractivity (Wildman–Crippen MR) is 108 cm³/mol. The molecule has 1 saturated carbocycles. The van der Waals surface area contributed by atoms with Crippen LogP contribution < -0.4 is 10.6 Å². The van der Waals surface area contributed by atoms with Gasteiger partial charge in [0.05, 0.1) is 12.0 Å². The van der Waals surface area contributed by atoms with Gasteiger partial charge in [-0.3, -0.25) is 19.7 Å². The maximum Gasteiger partial charge on any atom is 0.308 e. The van der Waals surface area contributed by atoms with Crippen LogP contribution in [-0.4, -0.2) is 53.0 Å². The molecule has 29 heavy (non-hydrogen) atoms. The minimum atomic E-state index is -0.881. The molecule has 1 aromatic carbocycles. The lowest BCUT2D eigenvalue weighted by atomic mass is 9.98. The summed E-state index contributed by atoms with van der Waals surface area (Å²) in [6.07, 6.45) is 4.60. The Morgan fingerprint density at radius 1 is 1.24 bits per heavy atom. The van der Waals surface area contributed by atoms with Crippen molar-refractivity contribution in [2.24, 2.45) is 0 Å². The van der Waals surface area contributed by atoms with Gasteiger partial charge < -0.3 is 15.0 Å². The molecule has 1 aromatic rings. The van der Waals surface area contributed by atoms with Crippen LogP contribution in [0.15, 0.2) is 24.3 Å². The van der Waals surface area contributed by atoms with Crippen LogP contribution in [0.25, 0.3) is 0 Å². The van der Waals surface area contributed by atoms with E-state index in [1.54, 1.807) is 6.07 Å². The minimum absolute atomic E-state index is 0.0245. The number of ether oxygens (including phenoxy) is 1. The molecule has 0 spiro atoms. The third-order valence-electron chi connectivity index (χ3n) is 5.14. The number of esters is 1. The van der Waals surface area contributed by atoms with Crippen LogP contribution in [0.3, 0.4) is 0 Å². The van der Waals surface area contributed by atoms with Crippen molar-refractivity contribution in [3.8, 4) is 0 Å². The highest BCUT2D eigenvalue weighted by molar-refractivity contribution is 7.80. The molecule has 7 nitrogen and oxygen atoms in total. The molecular formula is C20H24FN3O4S. The van der Waals surface area contributed by atoms with Gasteiger partial charge in [-0.1, -0.05) is 18.6 Å². The number of rotatable bonds is 4. The molecule has 3 rings (SSSR count). The maximum absolute atomic E-state index is 13.8. The van der Waals surface area contributed by atoms with Crippen molar-refractivity contribution in [2.75, 3.05) is 13.1 Å². The van der Waals surface area contributed by atoms with Gasteiger partial charge in [0.2, 0.25) is 5.91 Å². The summed E-state index contributed by atoms with van der Waals surface area (Å²) in [7, 11) is 0. The molecule has 1 unspecified atom stereocenters. The summed E-state index contributed by atoms with van der Waals surface area (Å²) in [6.45, 7) is 0.645. The Labute approximate surface area is 174 Å². The lowest BCUT2D eigenvalue weighted by Crippen LogP contribution is -2.60. The van der Waals surface area contributed by atoms with Gasteiger partial charge in [-0.05, 0) is 50.0 Å². The average molecular weight is 421 g/mol. The van der Waals surface area contributed by atoms with E-state index in [-0.39, 0.29) is 29.1 Å². The van der Waals surface area contributed by atoms with Gasteiger partial charge in [0.15, 0.2) is 5.11 Å². The van der Waals surface area contributed by atoms with E-state index in [0.717, 1.165) is 32.1 Å². The van der Waals surface area contributed by atoms with Crippen LogP contribution in [0, 0.1) is 5.82 Å². The minimum Gasteiger partial charge on any atom is -0.462 e. The van der Waals surface area contributed by atoms with E-state index >= 15 is 0 Å². The number of carbonyl (C=O) groups is 3. The van der Waals surface area contributed by atoms with Crippen LogP contribution in [0.2, 0.25) is 0 Å². The summed E-state index contributed by atoms with van der Waals surface area (Å²) in [5, 5.41) is 5.13. The fourth-order valence-corrected chi connectivity index (χ4v) is 3.93. The van der Waals surface area contributed by atoms with E-state index < -0.39 is 23.7 Å².